The van der Waals surface area contributed by atoms with E-state index in [1.165, 1.54) is 5.56 Å². The Bertz CT molecular complexity index is 251. The van der Waals surface area contributed by atoms with Crippen LogP contribution in [0.5, 0.6) is 0 Å². The van der Waals surface area contributed by atoms with E-state index in [0.717, 1.165) is 6.42 Å². The first-order chi connectivity index (χ1) is 6.74. The van der Waals surface area contributed by atoms with Gasteiger partial charge in [0.05, 0.1) is 0 Å². The van der Waals surface area contributed by atoms with Crippen molar-refractivity contribution in [2.24, 2.45) is 0 Å². The van der Waals surface area contributed by atoms with Gasteiger partial charge in [0.25, 0.3) is 0 Å². The van der Waals surface area contributed by atoms with Crippen molar-refractivity contribution in [3.05, 3.63) is 30.1 Å². The predicted molar refractivity (Wildman–Crippen MR) is 57.0 cm³/mol. The van der Waals surface area contributed by atoms with Crippen LogP contribution in [-0.2, 0) is 0 Å². The van der Waals surface area contributed by atoms with Crippen molar-refractivity contribution in [1.29, 1.82) is 0 Å². The van der Waals surface area contributed by atoms with Gasteiger partial charge in [0.1, 0.15) is 0 Å². The highest BCUT2D eigenvalue weighted by Gasteiger charge is 2.07. The summed E-state index contributed by atoms with van der Waals surface area (Å²) in [6.45, 7) is 4.42. The minimum absolute atomic E-state index is 0.233. The third-order valence-electron chi connectivity index (χ3n) is 2.30. The molecule has 78 valence electrons. The second-order valence-electron chi connectivity index (χ2n) is 3.58. The molecule has 0 spiro atoms. The third kappa shape index (κ3) is 3.44. The second kappa shape index (κ2) is 5.73. The van der Waals surface area contributed by atoms with Crippen molar-refractivity contribution in [2.75, 3.05) is 6.61 Å². The molecule has 0 aliphatic heterocycles. The minimum atomic E-state index is 0.233. The molecule has 1 aromatic rings. The van der Waals surface area contributed by atoms with Crippen molar-refractivity contribution in [2.45, 2.75) is 32.4 Å². The number of hydrogen-bond donors (Lipinski definition) is 2. The molecule has 2 unspecified atom stereocenters. The van der Waals surface area contributed by atoms with Crippen molar-refractivity contribution in [3.8, 4) is 0 Å². The summed E-state index contributed by atoms with van der Waals surface area (Å²) in [4.78, 5) is 3.98. The van der Waals surface area contributed by atoms with Gasteiger partial charge in [0, 0.05) is 31.1 Å². The number of aromatic nitrogens is 1. The van der Waals surface area contributed by atoms with Crippen LogP contribution in [0.4, 0.5) is 0 Å². The van der Waals surface area contributed by atoms with Gasteiger partial charge in [-0.1, -0.05) is 0 Å². The van der Waals surface area contributed by atoms with E-state index in [9.17, 15) is 0 Å². The van der Waals surface area contributed by atoms with Crippen molar-refractivity contribution >= 4 is 0 Å². The molecule has 1 heterocycles. The fourth-order valence-electron chi connectivity index (χ4n) is 1.45. The van der Waals surface area contributed by atoms with Gasteiger partial charge in [-0.2, -0.15) is 0 Å². The summed E-state index contributed by atoms with van der Waals surface area (Å²) in [6.07, 6.45) is 4.38. The van der Waals surface area contributed by atoms with E-state index in [0.29, 0.717) is 12.1 Å². The average Bonchev–Trinajstić information content (AvgIpc) is 2.19. The zero-order chi connectivity index (χ0) is 10.4. The second-order valence-corrected chi connectivity index (χ2v) is 3.58. The normalized spacial score (nSPS) is 15.1. The molecule has 0 fully saturated rings. The Balaban J connectivity index is 2.46. The Morgan fingerprint density at radius 3 is 2.57 bits per heavy atom. The van der Waals surface area contributed by atoms with E-state index in [1.807, 2.05) is 12.1 Å². The number of pyridine rings is 1. The van der Waals surface area contributed by atoms with E-state index in [2.05, 4.69) is 24.1 Å². The van der Waals surface area contributed by atoms with Crippen LogP contribution in [0.1, 0.15) is 31.9 Å². The fraction of sp³-hybridized carbons (Fsp3) is 0.545. The summed E-state index contributed by atoms with van der Waals surface area (Å²) in [7, 11) is 0. The van der Waals surface area contributed by atoms with Crippen LogP contribution in [0, 0.1) is 0 Å². The maximum Gasteiger partial charge on any atom is 0.0445 e. The standard InChI is InChI=1S/C11H18N2O/c1-9(5-8-14)13-10(2)11-3-6-12-7-4-11/h3-4,6-7,9-10,13-14H,5,8H2,1-2H3. The Hall–Kier alpha value is -0.930. The molecule has 0 amide bonds. The molecular weight excluding hydrogens is 176 g/mol. The highest BCUT2D eigenvalue weighted by molar-refractivity contribution is 5.13. The first-order valence-electron chi connectivity index (χ1n) is 5.01. The van der Waals surface area contributed by atoms with Gasteiger partial charge >= 0.3 is 0 Å². The summed E-state index contributed by atoms with van der Waals surface area (Å²) in [5.41, 5.74) is 1.23. The van der Waals surface area contributed by atoms with Gasteiger partial charge in [-0.05, 0) is 38.0 Å². The van der Waals surface area contributed by atoms with Crippen molar-refractivity contribution in [3.63, 3.8) is 0 Å². The van der Waals surface area contributed by atoms with Gasteiger partial charge in [0.2, 0.25) is 0 Å². The fourth-order valence-corrected chi connectivity index (χ4v) is 1.45. The van der Waals surface area contributed by atoms with Crippen LogP contribution >= 0.6 is 0 Å². The van der Waals surface area contributed by atoms with Gasteiger partial charge in [-0.25, -0.2) is 0 Å². The van der Waals surface area contributed by atoms with E-state index < -0.39 is 0 Å². The van der Waals surface area contributed by atoms with Crippen LogP contribution in [0.2, 0.25) is 0 Å². The van der Waals surface area contributed by atoms with E-state index in [1.54, 1.807) is 12.4 Å². The van der Waals surface area contributed by atoms with E-state index in [-0.39, 0.29) is 6.61 Å². The molecule has 3 nitrogen and oxygen atoms in total. The molecule has 0 saturated heterocycles. The maximum absolute atomic E-state index is 8.77. The molecule has 0 aliphatic rings. The first kappa shape index (κ1) is 11.1. The summed E-state index contributed by atoms with van der Waals surface area (Å²) in [5.74, 6) is 0. The number of nitrogens with one attached hydrogen (secondary N) is 1. The lowest BCUT2D eigenvalue weighted by Crippen LogP contribution is -2.29. The van der Waals surface area contributed by atoms with Crippen LogP contribution in [0.3, 0.4) is 0 Å². The summed E-state index contributed by atoms with van der Waals surface area (Å²) in [6, 6.07) is 4.65. The van der Waals surface area contributed by atoms with Crippen LogP contribution in [0.15, 0.2) is 24.5 Å². The summed E-state index contributed by atoms with van der Waals surface area (Å²) >= 11 is 0. The Labute approximate surface area is 85.2 Å². The lowest BCUT2D eigenvalue weighted by Gasteiger charge is -2.19. The number of aliphatic hydroxyl groups excluding tert-OH is 1. The Kier molecular flexibility index (Phi) is 4.56. The van der Waals surface area contributed by atoms with Crippen LogP contribution in [0.25, 0.3) is 0 Å². The van der Waals surface area contributed by atoms with Gasteiger partial charge in [-0.15, -0.1) is 0 Å². The zero-order valence-electron chi connectivity index (χ0n) is 8.77. The molecule has 0 aromatic carbocycles. The minimum Gasteiger partial charge on any atom is -0.396 e. The topological polar surface area (TPSA) is 45.1 Å². The summed E-state index contributed by atoms with van der Waals surface area (Å²) in [5, 5.41) is 12.2. The summed E-state index contributed by atoms with van der Waals surface area (Å²) < 4.78 is 0. The molecule has 1 rings (SSSR count). The number of rotatable bonds is 5. The number of hydrogen-bond acceptors (Lipinski definition) is 3. The van der Waals surface area contributed by atoms with Crippen LogP contribution in [-0.4, -0.2) is 22.7 Å². The smallest absolute Gasteiger partial charge is 0.0445 e. The van der Waals surface area contributed by atoms with E-state index in [4.69, 9.17) is 5.11 Å². The zero-order valence-corrected chi connectivity index (χ0v) is 8.77. The molecule has 14 heavy (non-hydrogen) atoms. The van der Waals surface area contributed by atoms with E-state index >= 15 is 0 Å². The average molecular weight is 194 g/mol. The third-order valence-corrected chi connectivity index (χ3v) is 2.30. The monoisotopic (exact) mass is 194 g/mol. The number of aliphatic hydroxyl groups is 1. The molecule has 3 heteroatoms. The molecule has 0 saturated carbocycles. The van der Waals surface area contributed by atoms with Gasteiger partial charge in [-0.3, -0.25) is 4.98 Å². The molecule has 0 bridgehead atoms. The highest BCUT2D eigenvalue weighted by Crippen LogP contribution is 2.11. The first-order valence-corrected chi connectivity index (χ1v) is 5.01. The highest BCUT2D eigenvalue weighted by atomic mass is 16.3. The molecule has 1 aromatic heterocycles. The van der Waals surface area contributed by atoms with Crippen molar-refractivity contribution < 1.29 is 5.11 Å². The number of nitrogens with zero attached hydrogens (tertiary/aromatic N) is 1. The Morgan fingerprint density at radius 1 is 1.36 bits per heavy atom. The molecule has 2 N–H and O–H groups in total. The quantitative estimate of drug-likeness (QED) is 0.746. The SMILES string of the molecule is CC(CCO)NC(C)c1ccncc1. The van der Waals surface area contributed by atoms with Crippen molar-refractivity contribution in [1.82, 2.24) is 10.3 Å². The molecular formula is C11H18N2O. The lowest BCUT2D eigenvalue weighted by atomic mass is 10.1. The largest absolute Gasteiger partial charge is 0.396 e. The lowest BCUT2D eigenvalue weighted by molar-refractivity contribution is 0.264. The maximum atomic E-state index is 8.77. The van der Waals surface area contributed by atoms with Gasteiger partial charge in [0.15, 0.2) is 0 Å². The predicted octanol–water partition coefficient (Wildman–Crippen LogP) is 1.50. The Morgan fingerprint density at radius 2 is 2.00 bits per heavy atom. The molecule has 0 radical (unpaired) electrons. The van der Waals surface area contributed by atoms with Crippen LogP contribution < -0.4 is 5.32 Å². The molecule has 2 atom stereocenters. The van der Waals surface area contributed by atoms with Gasteiger partial charge < -0.3 is 10.4 Å². The molecule has 0 aliphatic carbocycles.